The van der Waals surface area contributed by atoms with Gasteiger partial charge in [0.2, 0.25) is 16.9 Å². The highest BCUT2D eigenvalue weighted by Gasteiger charge is 2.44. The number of aromatic nitrogens is 3. The number of anilines is 1. The van der Waals surface area contributed by atoms with E-state index in [0.717, 1.165) is 41.0 Å². The third kappa shape index (κ3) is 4.07. The molecule has 0 radical (unpaired) electrons. The molecule has 0 saturated carbocycles. The molecular formula is C27H26N4O2S. The SMILES string of the molecule is CCCc1ccc(-c2ccc3c(n2)Oc2ccccc2[C@H]3C(C)(C)C(=O)Nc2nncs2)cc1. The largest absolute Gasteiger partial charge is 0.438 e. The molecule has 5 rings (SSSR count). The summed E-state index contributed by atoms with van der Waals surface area (Å²) < 4.78 is 6.25. The van der Waals surface area contributed by atoms with Crippen molar-refractivity contribution in [2.24, 2.45) is 5.41 Å². The minimum Gasteiger partial charge on any atom is -0.438 e. The maximum absolute atomic E-state index is 13.4. The summed E-state index contributed by atoms with van der Waals surface area (Å²) in [6.45, 7) is 6.07. The number of aryl methyl sites for hydroxylation is 1. The lowest BCUT2D eigenvalue weighted by Gasteiger charge is -2.37. The Balaban J connectivity index is 1.54. The molecule has 0 bridgehead atoms. The van der Waals surface area contributed by atoms with Crippen LogP contribution in [0.3, 0.4) is 0 Å². The molecule has 0 aliphatic carbocycles. The van der Waals surface area contributed by atoms with Gasteiger partial charge >= 0.3 is 0 Å². The van der Waals surface area contributed by atoms with Gasteiger partial charge in [-0.05, 0) is 24.1 Å². The number of benzene rings is 2. The highest BCUT2D eigenvalue weighted by molar-refractivity contribution is 7.13. The van der Waals surface area contributed by atoms with Crippen molar-refractivity contribution in [2.75, 3.05) is 5.32 Å². The van der Waals surface area contributed by atoms with Gasteiger partial charge in [-0.1, -0.05) is 87.1 Å². The number of pyridine rings is 1. The summed E-state index contributed by atoms with van der Waals surface area (Å²) in [5, 5.41) is 11.2. The van der Waals surface area contributed by atoms with E-state index in [-0.39, 0.29) is 11.8 Å². The second-order valence-electron chi connectivity index (χ2n) is 9.03. The Morgan fingerprint density at radius 2 is 1.85 bits per heavy atom. The second-order valence-corrected chi connectivity index (χ2v) is 9.86. The quantitative estimate of drug-likeness (QED) is 0.350. The van der Waals surface area contributed by atoms with Crippen molar-refractivity contribution in [1.29, 1.82) is 0 Å². The average molecular weight is 471 g/mol. The number of nitrogens with zero attached hydrogens (tertiary/aromatic N) is 3. The number of fused-ring (bicyclic) bond motifs is 2. The Bertz CT molecular complexity index is 1320. The smallest absolute Gasteiger partial charge is 0.232 e. The molecule has 34 heavy (non-hydrogen) atoms. The number of ether oxygens (including phenoxy) is 1. The highest BCUT2D eigenvalue weighted by Crippen LogP contribution is 2.52. The fourth-order valence-electron chi connectivity index (χ4n) is 4.52. The summed E-state index contributed by atoms with van der Waals surface area (Å²) >= 11 is 1.30. The first kappa shape index (κ1) is 22.2. The number of carbonyl (C=O) groups excluding carboxylic acids is 1. The molecule has 1 atom stereocenters. The standard InChI is InChI=1S/C27H26N4O2S/c1-4-7-17-10-12-18(13-11-17)21-15-14-20-23(19-8-5-6-9-22(19)33-24(20)29-21)27(2,3)25(32)30-26-31-28-16-34-26/h5-6,8-16,23H,4,7H2,1-3H3,(H,30,31,32)/t23-/m1/s1. The number of para-hydroxylation sites is 1. The third-order valence-corrected chi connectivity index (χ3v) is 6.92. The zero-order chi connectivity index (χ0) is 23.7. The molecule has 1 amide bonds. The number of nitrogens with one attached hydrogen (secondary N) is 1. The molecule has 0 unspecified atom stereocenters. The Morgan fingerprint density at radius 3 is 2.59 bits per heavy atom. The maximum Gasteiger partial charge on any atom is 0.232 e. The predicted octanol–water partition coefficient (Wildman–Crippen LogP) is 6.46. The summed E-state index contributed by atoms with van der Waals surface area (Å²) in [5.41, 5.74) is 5.85. The van der Waals surface area contributed by atoms with Crippen LogP contribution in [0.15, 0.2) is 66.2 Å². The lowest BCUT2D eigenvalue weighted by atomic mass is 9.69. The van der Waals surface area contributed by atoms with Crippen LogP contribution in [0.25, 0.3) is 11.3 Å². The van der Waals surface area contributed by atoms with Crippen molar-refractivity contribution >= 4 is 22.4 Å². The van der Waals surface area contributed by atoms with Crippen molar-refractivity contribution in [3.8, 4) is 22.9 Å². The molecule has 1 aliphatic rings. The number of hydrogen-bond acceptors (Lipinski definition) is 6. The summed E-state index contributed by atoms with van der Waals surface area (Å²) in [6, 6.07) is 20.4. The zero-order valence-corrected chi connectivity index (χ0v) is 20.2. The molecule has 0 saturated heterocycles. The first-order valence-electron chi connectivity index (χ1n) is 11.4. The van der Waals surface area contributed by atoms with Crippen molar-refractivity contribution < 1.29 is 9.53 Å². The van der Waals surface area contributed by atoms with Gasteiger partial charge in [-0.3, -0.25) is 4.79 Å². The van der Waals surface area contributed by atoms with Crippen LogP contribution < -0.4 is 10.1 Å². The Morgan fingerprint density at radius 1 is 1.06 bits per heavy atom. The van der Waals surface area contributed by atoms with Crippen molar-refractivity contribution in [2.45, 2.75) is 39.5 Å². The van der Waals surface area contributed by atoms with Crippen LogP contribution in [0.2, 0.25) is 0 Å². The Labute approximate surface area is 203 Å². The molecular weight excluding hydrogens is 444 g/mol. The van der Waals surface area contributed by atoms with Crippen LogP contribution in [0.5, 0.6) is 11.6 Å². The van der Waals surface area contributed by atoms with E-state index < -0.39 is 5.41 Å². The lowest BCUT2D eigenvalue weighted by Crippen LogP contribution is -2.38. The van der Waals surface area contributed by atoms with E-state index in [4.69, 9.17) is 9.72 Å². The maximum atomic E-state index is 13.4. The van der Waals surface area contributed by atoms with E-state index in [0.29, 0.717) is 11.0 Å². The van der Waals surface area contributed by atoms with Gasteiger partial charge in [0, 0.05) is 22.6 Å². The normalized spacial score (nSPS) is 14.6. The van der Waals surface area contributed by atoms with E-state index in [1.807, 2.05) is 50.2 Å². The second kappa shape index (κ2) is 8.99. The van der Waals surface area contributed by atoms with E-state index in [1.165, 1.54) is 16.9 Å². The molecule has 2 aromatic carbocycles. The molecule has 1 N–H and O–H groups in total. The Kier molecular flexibility index (Phi) is 5.87. The fourth-order valence-corrected chi connectivity index (χ4v) is 4.96. The molecule has 7 heteroatoms. The van der Waals surface area contributed by atoms with Gasteiger partial charge in [0.1, 0.15) is 11.3 Å². The molecule has 3 heterocycles. The van der Waals surface area contributed by atoms with Gasteiger partial charge in [-0.25, -0.2) is 4.98 Å². The average Bonchev–Trinajstić information content (AvgIpc) is 3.36. The van der Waals surface area contributed by atoms with Crippen LogP contribution in [-0.4, -0.2) is 21.1 Å². The van der Waals surface area contributed by atoms with E-state index in [1.54, 1.807) is 5.51 Å². The van der Waals surface area contributed by atoms with E-state index in [2.05, 4.69) is 46.7 Å². The van der Waals surface area contributed by atoms with Crippen molar-refractivity contribution in [1.82, 2.24) is 15.2 Å². The number of rotatable bonds is 6. The molecule has 1 aliphatic heterocycles. The molecule has 172 valence electrons. The van der Waals surface area contributed by atoms with Crippen LogP contribution in [0.1, 0.15) is 49.8 Å². The van der Waals surface area contributed by atoms with Crippen LogP contribution in [0.4, 0.5) is 5.13 Å². The number of carbonyl (C=O) groups is 1. The van der Waals surface area contributed by atoms with Gasteiger partial charge in [0.05, 0.1) is 11.1 Å². The highest BCUT2D eigenvalue weighted by atomic mass is 32.1. The van der Waals surface area contributed by atoms with Gasteiger partial charge in [-0.15, -0.1) is 10.2 Å². The van der Waals surface area contributed by atoms with Crippen molar-refractivity contribution in [3.05, 3.63) is 82.9 Å². The van der Waals surface area contributed by atoms with Gasteiger partial charge in [0.25, 0.3) is 0 Å². The van der Waals surface area contributed by atoms with Crippen molar-refractivity contribution in [3.63, 3.8) is 0 Å². The first-order chi connectivity index (χ1) is 16.5. The lowest BCUT2D eigenvalue weighted by molar-refractivity contribution is -0.124. The number of amides is 1. The minimum absolute atomic E-state index is 0.132. The molecule has 2 aromatic heterocycles. The Hall–Kier alpha value is -3.58. The summed E-state index contributed by atoms with van der Waals surface area (Å²) in [7, 11) is 0. The zero-order valence-electron chi connectivity index (χ0n) is 19.4. The van der Waals surface area contributed by atoms with E-state index >= 15 is 0 Å². The van der Waals surface area contributed by atoms with Crippen LogP contribution in [0, 0.1) is 5.41 Å². The van der Waals surface area contributed by atoms with Crippen LogP contribution in [-0.2, 0) is 11.2 Å². The van der Waals surface area contributed by atoms with E-state index in [9.17, 15) is 4.79 Å². The molecule has 4 aromatic rings. The van der Waals surface area contributed by atoms with Gasteiger partial charge < -0.3 is 10.1 Å². The third-order valence-electron chi connectivity index (χ3n) is 6.31. The predicted molar refractivity (Wildman–Crippen MR) is 134 cm³/mol. The first-order valence-corrected chi connectivity index (χ1v) is 12.3. The minimum atomic E-state index is -0.800. The monoisotopic (exact) mass is 470 g/mol. The van der Waals surface area contributed by atoms with Crippen LogP contribution >= 0.6 is 11.3 Å². The molecule has 0 fully saturated rings. The van der Waals surface area contributed by atoms with Gasteiger partial charge in [-0.2, -0.15) is 0 Å². The fraction of sp³-hybridized carbons (Fsp3) is 0.259. The number of hydrogen-bond donors (Lipinski definition) is 1. The topological polar surface area (TPSA) is 77.0 Å². The molecule has 0 spiro atoms. The summed E-state index contributed by atoms with van der Waals surface area (Å²) in [5.74, 6) is 0.886. The molecule has 6 nitrogen and oxygen atoms in total. The summed E-state index contributed by atoms with van der Waals surface area (Å²) in [4.78, 5) is 18.3. The van der Waals surface area contributed by atoms with Gasteiger partial charge in [0.15, 0.2) is 0 Å². The summed E-state index contributed by atoms with van der Waals surface area (Å²) in [6.07, 6.45) is 2.18.